The van der Waals surface area contributed by atoms with Crippen LogP contribution in [0.4, 0.5) is 0 Å². The van der Waals surface area contributed by atoms with Gasteiger partial charge in [-0.3, -0.25) is 4.79 Å². The summed E-state index contributed by atoms with van der Waals surface area (Å²) in [6.07, 6.45) is 0.775. The predicted octanol–water partition coefficient (Wildman–Crippen LogP) is 3.36. The highest BCUT2D eigenvalue weighted by Crippen LogP contribution is 2.59. The molecule has 1 aromatic rings. The van der Waals surface area contributed by atoms with E-state index in [2.05, 4.69) is 0 Å². The monoisotopic (exact) mass is 357 g/mol. The molecule has 126 valence electrons. The van der Waals surface area contributed by atoms with Crippen LogP contribution in [0.3, 0.4) is 0 Å². The van der Waals surface area contributed by atoms with Gasteiger partial charge in [-0.2, -0.15) is 0 Å². The smallest absolute Gasteiger partial charge is 0.266 e. The maximum Gasteiger partial charge on any atom is 0.266 e. The van der Waals surface area contributed by atoms with Crippen LogP contribution in [0.1, 0.15) is 31.7 Å². The Kier molecular flexibility index (Phi) is 4.51. The van der Waals surface area contributed by atoms with E-state index in [4.69, 9.17) is 32.7 Å². The van der Waals surface area contributed by atoms with Gasteiger partial charge in [0, 0.05) is 19.0 Å². The summed E-state index contributed by atoms with van der Waals surface area (Å²) < 4.78 is 10.6. The molecule has 4 nitrogen and oxygen atoms in total. The van der Waals surface area contributed by atoms with Gasteiger partial charge in [-0.15, -0.1) is 23.2 Å². The van der Waals surface area contributed by atoms with Gasteiger partial charge in [0.2, 0.25) is 0 Å². The van der Waals surface area contributed by atoms with E-state index in [1.807, 2.05) is 24.3 Å². The van der Waals surface area contributed by atoms with Gasteiger partial charge < -0.3 is 14.4 Å². The number of nitrogens with zero attached hydrogens (tertiary/aromatic N) is 1. The lowest BCUT2D eigenvalue weighted by Crippen LogP contribution is -2.52. The fraction of sp³-hybridized carbons (Fsp3) is 0.588. The van der Waals surface area contributed by atoms with Crippen molar-refractivity contribution in [2.75, 3.05) is 26.3 Å². The Morgan fingerprint density at radius 3 is 2.35 bits per heavy atom. The van der Waals surface area contributed by atoms with Crippen molar-refractivity contribution in [2.45, 2.75) is 36.1 Å². The first-order chi connectivity index (χ1) is 10.8. The quantitative estimate of drug-likeness (QED) is 0.775. The fourth-order valence-corrected chi connectivity index (χ4v) is 3.39. The number of amides is 1. The SMILES string of the molecule is CC(C)(Oc1ccc([C@@H]2CC2(Cl)Cl)cc1)C(=O)N1CCOCC1. The third-order valence-electron chi connectivity index (χ3n) is 4.29. The minimum atomic E-state index is -0.916. The van der Waals surface area contributed by atoms with Gasteiger partial charge in [-0.05, 0) is 38.0 Å². The molecule has 0 spiro atoms. The molecule has 1 saturated heterocycles. The number of hydrogen-bond donors (Lipinski definition) is 0. The number of halogens is 2. The minimum Gasteiger partial charge on any atom is -0.478 e. The number of rotatable bonds is 4. The molecular formula is C17H21Cl2NO3. The molecule has 0 aromatic heterocycles. The fourth-order valence-electron chi connectivity index (χ4n) is 2.83. The number of carbonyl (C=O) groups excluding carboxylic acids is 1. The van der Waals surface area contributed by atoms with Crippen LogP contribution in [0.15, 0.2) is 24.3 Å². The predicted molar refractivity (Wildman–Crippen MR) is 90.3 cm³/mol. The summed E-state index contributed by atoms with van der Waals surface area (Å²) in [6.45, 7) is 5.97. The summed E-state index contributed by atoms with van der Waals surface area (Å²) >= 11 is 12.2. The van der Waals surface area contributed by atoms with Gasteiger partial charge in [0.1, 0.15) is 10.1 Å². The molecular weight excluding hydrogens is 337 g/mol. The second-order valence-corrected chi connectivity index (χ2v) is 8.15. The highest BCUT2D eigenvalue weighted by Gasteiger charge is 2.52. The highest BCUT2D eigenvalue weighted by atomic mass is 35.5. The first-order valence-electron chi connectivity index (χ1n) is 7.83. The zero-order valence-electron chi connectivity index (χ0n) is 13.4. The Morgan fingerprint density at radius 1 is 1.26 bits per heavy atom. The van der Waals surface area contributed by atoms with E-state index in [0.29, 0.717) is 32.1 Å². The van der Waals surface area contributed by atoms with Crippen LogP contribution in [0, 0.1) is 0 Å². The number of benzene rings is 1. The van der Waals surface area contributed by atoms with Crippen molar-refractivity contribution < 1.29 is 14.3 Å². The van der Waals surface area contributed by atoms with Crippen molar-refractivity contribution in [2.24, 2.45) is 0 Å². The molecule has 0 radical (unpaired) electrons. The largest absolute Gasteiger partial charge is 0.478 e. The van der Waals surface area contributed by atoms with Gasteiger partial charge in [0.15, 0.2) is 5.60 Å². The molecule has 1 amide bonds. The average Bonchev–Trinajstić information content (AvgIpc) is 3.16. The first-order valence-corrected chi connectivity index (χ1v) is 8.59. The van der Waals surface area contributed by atoms with Crippen LogP contribution in [-0.4, -0.2) is 47.0 Å². The Hall–Kier alpha value is -0.970. The summed E-state index contributed by atoms with van der Waals surface area (Å²) in [4.78, 5) is 14.4. The van der Waals surface area contributed by atoms with Crippen molar-refractivity contribution in [1.82, 2.24) is 4.90 Å². The second-order valence-electron chi connectivity index (χ2n) is 6.60. The van der Waals surface area contributed by atoms with Crippen LogP contribution < -0.4 is 4.74 Å². The van der Waals surface area contributed by atoms with Crippen LogP contribution in [-0.2, 0) is 9.53 Å². The third-order valence-corrected chi connectivity index (χ3v) is 5.13. The molecule has 1 saturated carbocycles. The average molecular weight is 358 g/mol. The van der Waals surface area contributed by atoms with E-state index < -0.39 is 9.93 Å². The Morgan fingerprint density at radius 2 is 1.83 bits per heavy atom. The molecule has 3 rings (SSSR count). The van der Waals surface area contributed by atoms with Crippen molar-refractivity contribution in [3.63, 3.8) is 0 Å². The number of carbonyl (C=O) groups is 1. The van der Waals surface area contributed by atoms with Gasteiger partial charge in [0.05, 0.1) is 13.2 Å². The number of alkyl halides is 2. The molecule has 1 aliphatic heterocycles. The first kappa shape index (κ1) is 16.9. The highest BCUT2D eigenvalue weighted by molar-refractivity contribution is 6.51. The lowest BCUT2D eigenvalue weighted by atomic mass is 10.1. The Bertz CT molecular complexity index is 580. The van der Waals surface area contributed by atoms with Crippen molar-refractivity contribution >= 4 is 29.1 Å². The number of hydrogen-bond acceptors (Lipinski definition) is 3. The number of morpholine rings is 1. The van der Waals surface area contributed by atoms with Crippen LogP contribution in [0.5, 0.6) is 5.75 Å². The normalized spacial score (nSPS) is 23.5. The van der Waals surface area contributed by atoms with E-state index >= 15 is 0 Å². The molecule has 0 unspecified atom stereocenters. The van der Waals surface area contributed by atoms with Crippen molar-refractivity contribution in [3.05, 3.63) is 29.8 Å². The summed E-state index contributed by atoms with van der Waals surface area (Å²) in [5.41, 5.74) is 0.181. The molecule has 6 heteroatoms. The van der Waals surface area contributed by atoms with Crippen LogP contribution in [0.25, 0.3) is 0 Å². The maximum absolute atomic E-state index is 12.6. The second kappa shape index (κ2) is 6.15. The zero-order chi connectivity index (χ0) is 16.7. The van der Waals surface area contributed by atoms with Crippen LogP contribution in [0.2, 0.25) is 0 Å². The molecule has 23 heavy (non-hydrogen) atoms. The summed E-state index contributed by atoms with van der Waals surface area (Å²) in [7, 11) is 0. The lowest BCUT2D eigenvalue weighted by molar-refractivity contribution is -0.149. The molecule has 0 N–H and O–H groups in total. The van der Waals surface area contributed by atoms with Gasteiger partial charge in [0.25, 0.3) is 5.91 Å². The Balaban J connectivity index is 1.64. The maximum atomic E-state index is 12.6. The molecule has 0 bridgehead atoms. The molecule has 1 aliphatic carbocycles. The van der Waals surface area contributed by atoms with Gasteiger partial charge in [-0.25, -0.2) is 0 Å². The zero-order valence-corrected chi connectivity index (χ0v) is 14.9. The van der Waals surface area contributed by atoms with Crippen LogP contribution >= 0.6 is 23.2 Å². The summed E-state index contributed by atoms with van der Waals surface area (Å²) in [6, 6.07) is 7.65. The van der Waals surface area contributed by atoms with Gasteiger partial charge in [-0.1, -0.05) is 12.1 Å². The van der Waals surface area contributed by atoms with E-state index in [9.17, 15) is 4.79 Å². The lowest BCUT2D eigenvalue weighted by Gasteiger charge is -2.34. The standard InChI is InChI=1S/C17H21Cl2NO3/c1-16(2,15(21)20-7-9-22-10-8-20)23-13-5-3-12(4-6-13)14-11-17(14,18)19/h3-6,14H,7-11H2,1-2H3/t14-/m0/s1. The van der Waals surface area contributed by atoms with Gasteiger partial charge >= 0.3 is 0 Å². The topological polar surface area (TPSA) is 38.8 Å². The summed E-state index contributed by atoms with van der Waals surface area (Å²) in [5, 5.41) is 0. The molecule has 2 aliphatic rings. The van der Waals surface area contributed by atoms with E-state index in [0.717, 1.165) is 12.0 Å². The van der Waals surface area contributed by atoms with Crippen molar-refractivity contribution in [1.29, 1.82) is 0 Å². The third kappa shape index (κ3) is 3.76. The minimum absolute atomic E-state index is 0.0207. The molecule has 2 fully saturated rings. The summed E-state index contributed by atoms with van der Waals surface area (Å²) in [5.74, 6) is 0.825. The molecule has 1 heterocycles. The van der Waals surface area contributed by atoms with E-state index in [-0.39, 0.29) is 11.8 Å². The molecule has 1 aromatic carbocycles. The van der Waals surface area contributed by atoms with E-state index in [1.54, 1.807) is 18.7 Å². The molecule has 1 atom stereocenters. The van der Waals surface area contributed by atoms with Crippen molar-refractivity contribution in [3.8, 4) is 5.75 Å². The van der Waals surface area contributed by atoms with E-state index in [1.165, 1.54) is 0 Å². The Labute approximate surface area is 146 Å². The number of ether oxygens (including phenoxy) is 2.